The third-order valence-electron chi connectivity index (χ3n) is 6.62. The normalized spacial score (nSPS) is 17.8. The third kappa shape index (κ3) is 5.69. The number of aryl methyl sites for hydroxylation is 1. The maximum atomic E-state index is 13.5. The molecule has 184 valence electrons. The monoisotopic (exact) mass is 500 g/mol. The first kappa shape index (κ1) is 23.9. The first-order valence-electron chi connectivity index (χ1n) is 12.0. The molecule has 3 heterocycles. The van der Waals surface area contributed by atoms with Gasteiger partial charge in [-0.15, -0.1) is 0 Å². The van der Waals surface area contributed by atoms with Crippen molar-refractivity contribution < 1.29 is 18.1 Å². The van der Waals surface area contributed by atoms with Crippen LogP contribution in [0.4, 0.5) is 14.5 Å². The van der Waals surface area contributed by atoms with Crippen LogP contribution in [-0.4, -0.2) is 39.9 Å². The molecule has 1 aromatic carbocycles. The second kappa shape index (κ2) is 9.64. The van der Waals surface area contributed by atoms with Gasteiger partial charge in [-0.3, -0.25) is 4.79 Å². The minimum atomic E-state index is -2.71. The maximum absolute atomic E-state index is 13.5. The summed E-state index contributed by atoms with van der Waals surface area (Å²) in [6.07, 6.45) is 5.29. The molecule has 1 atom stereocenters. The highest BCUT2D eigenvalue weighted by molar-refractivity contribution is 6.30. The Balaban J connectivity index is 1.30. The number of ketones is 1. The Labute approximate surface area is 207 Å². The molecule has 1 aliphatic heterocycles. The Kier molecular flexibility index (Phi) is 6.57. The largest absolute Gasteiger partial charge is 0.358 e. The second-order valence-corrected chi connectivity index (χ2v) is 10.1. The van der Waals surface area contributed by atoms with E-state index >= 15 is 0 Å². The first-order valence-corrected chi connectivity index (χ1v) is 12.4. The number of benzene rings is 1. The van der Waals surface area contributed by atoms with Crippen molar-refractivity contribution in [3.8, 4) is 11.3 Å². The van der Waals surface area contributed by atoms with Crippen molar-refractivity contribution in [3.05, 3.63) is 58.8 Å². The fraction of sp³-hybridized carbons (Fsp3) is 0.462. The Bertz CT molecular complexity index is 1220. The van der Waals surface area contributed by atoms with Crippen LogP contribution in [0.25, 0.3) is 11.3 Å². The molecule has 6 nitrogen and oxygen atoms in total. The van der Waals surface area contributed by atoms with Gasteiger partial charge in [-0.25, -0.2) is 13.8 Å². The van der Waals surface area contributed by atoms with Gasteiger partial charge < -0.3 is 9.42 Å². The molecule has 1 aliphatic carbocycles. The average molecular weight is 501 g/mol. The lowest BCUT2D eigenvalue weighted by Gasteiger charge is -2.41. The van der Waals surface area contributed by atoms with Crippen LogP contribution < -0.4 is 4.90 Å². The summed E-state index contributed by atoms with van der Waals surface area (Å²) in [6.45, 7) is 1.04. The number of alkyl halides is 2. The van der Waals surface area contributed by atoms with E-state index in [-0.39, 0.29) is 24.8 Å². The molecule has 35 heavy (non-hydrogen) atoms. The number of Topliss-reactive ketones (excluding diaryl/α,β-unsaturated/α-hetero) is 1. The number of anilines is 1. The van der Waals surface area contributed by atoms with E-state index in [2.05, 4.69) is 15.1 Å². The van der Waals surface area contributed by atoms with Crippen molar-refractivity contribution in [3.63, 3.8) is 0 Å². The molecule has 2 fully saturated rings. The van der Waals surface area contributed by atoms with Crippen molar-refractivity contribution in [2.75, 3.05) is 18.0 Å². The van der Waals surface area contributed by atoms with Gasteiger partial charge in [0.05, 0.1) is 24.5 Å². The molecule has 1 saturated heterocycles. The van der Waals surface area contributed by atoms with Crippen molar-refractivity contribution in [1.29, 1.82) is 0 Å². The number of pyridine rings is 1. The summed E-state index contributed by atoms with van der Waals surface area (Å²) in [5.74, 6) is -0.637. The lowest BCUT2D eigenvalue weighted by molar-refractivity contribution is -0.0262. The molecule has 2 aromatic heterocycles. The highest BCUT2D eigenvalue weighted by Crippen LogP contribution is 2.40. The van der Waals surface area contributed by atoms with Crippen molar-refractivity contribution in [2.45, 2.75) is 57.3 Å². The number of aromatic nitrogens is 3. The highest BCUT2D eigenvalue weighted by atomic mass is 35.5. The van der Waals surface area contributed by atoms with Gasteiger partial charge in [0, 0.05) is 29.8 Å². The van der Waals surface area contributed by atoms with Gasteiger partial charge in [0.15, 0.2) is 11.6 Å². The van der Waals surface area contributed by atoms with E-state index < -0.39 is 5.92 Å². The number of halogens is 3. The predicted molar refractivity (Wildman–Crippen MR) is 129 cm³/mol. The standard InChI is InChI=1S/C26H27ClF2N4O2/c1-16-30-25(32-35-16)19(12-17-8-9-17)5-3-7-23(34)21-10-11-22(33-14-26(28,29)15-33)24(31-21)18-4-2-6-20(27)13-18/h2,4,6,10-11,13,17,19H,3,5,7-9,12,14-15H2,1H3. The van der Waals surface area contributed by atoms with Crippen molar-refractivity contribution in [1.82, 2.24) is 15.1 Å². The molecule has 1 saturated carbocycles. The Morgan fingerprint density at radius 1 is 1.23 bits per heavy atom. The molecule has 0 radical (unpaired) electrons. The molecule has 2 aliphatic rings. The number of hydrogen-bond acceptors (Lipinski definition) is 6. The summed E-state index contributed by atoms with van der Waals surface area (Å²) < 4.78 is 32.2. The van der Waals surface area contributed by atoms with Crippen LogP contribution >= 0.6 is 11.6 Å². The van der Waals surface area contributed by atoms with Gasteiger partial charge in [0.1, 0.15) is 5.69 Å². The van der Waals surface area contributed by atoms with Gasteiger partial charge in [0.25, 0.3) is 5.92 Å². The molecule has 1 unspecified atom stereocenters. The number of rotatable bonds is 10. The minimum Gasteiger partial charge on any atom is -0.358 e. The number of carbonyl (C=O) groups is 1. The van der Waals surface area contributed by atoms with E-state index in [1.165, 1.54) is 12.8 Å². The zero-order valence-electron chi connectivity index (χ0n) is 19.5. The van der Waals surface area contributed by atoms with Crippen LogP contribution in [0.2, 0.25) is 5.02 Å². The summed E-state index contributed by atoms with van der Waals surface area (Å²) in [4.78, 5) is 23.6. The van der Waals surface area contributed by atoms with Crippen molar-refractivity contribution in [2.24, 2.45) is 5.92 Å². The van der Waals surface area contributed by atoms with Gasteiger partial charge in [0.2, 0.25) is 5.89 Å². The minimum absolute atomic E-state index is 0.0803. The molecule has 9 heteroatoms. The summed E-state index contributed by atoms with van der Waals surface area (Å²) in [7, 11) is 0. The van der Waals surface area contributed by atoms with Gasteiger partial charge in [-0.2, -0.15) is 4.98 Å². The first-order chi connectivity index (χ1) is 16.8. The fourth-order valence-corrected chi connectivity index (χ4v) is 4.81. The average Bonchev–Trinajstić information content (AvgIpc) is 3.53. The quantitative estimate of drug-likeness (QED) is 0.296. The van der Waals surface area contributed by atoms with Crippen LogP contribution in [0.1, 0.15) is 66.6 Å². The van der Waals surface area contributed by atoms with E-state index in [1.54, 1.807) is 42.2 Å². The van der Waals surface area contributed by atoms with E-state index in [4.69, 9.17) is 16.1 Å². The molecule has 0 spiro atoms. The molecule has 3 aromatic rings. The zero-order chi connectivity index (χ0) is 24.6. The number of hydrogen-bond donors (Lipinski definition) is 0. The molecule has 5 rings (SSSR count). The van der Waals surface area contributed by atoms with E-state index in [9.17, 15) is 13.6 Å². The molecular formula is C26H27ClF2N4O2. The number of nitrogens with zero attached hydrogens (tertiary/aromatic N) is 4. The molecule has 0 bridgehead atoms. The molecule has 0 N–H and O–H groups in total. The summed E-state index contributed by atoms with van der Waals surface area (Å²) in [5, 5.41) is 4.62. The van der Waals surface area contributed by atoms with E-state index in [1.807, 2.05) is 6.07 Å². The number of carbonyl (C=O) groups excluding carboxylic acids is 1. The Morgan fingerprint density at radius 2 is 2.03 bits per heavy atom. The van der Waals surface area contributed by atoms with E-state index in [0.717, 1.165) is 18.7 Å². The summed E-state index contributed by atoms with van der Waals surface area (Å²) in [5.41, 5.74) is 2.08. The molecule has 0 amide bonds. The van der Waals surface area contributed by atoms with Crippen LogP contribution in [-0.2, 0) is 0 Å². The SMILES string of the molecule is Cc1nc(C(CCCC(=O)c2ccc(N3CC(F)(F)C3)c(-c3cccc(Cl)c3)n2)CC2CC2)no1. The highest BCUT2D eigenvalue weighted by Gasteiger charge is 2.44. The lowest BCUT2D eigenvalue weighted by atomic mass is 9.94. The lowest BCUT2D eigenvalue weighted by Crippen LogP contribution is -2.56. The smallest absolute Gasteiger partial charge is 0.282 e. The third-order valence-corrected chi connectivity index (χ3v) is 6.86. The molecular weight excluding hydrogens is 474 g/mol. The zero-order valence-corrected chi connectivity index (χ0v) is 20.3. The predicted octanol–water partition coefficient (Wildman–Crippen LogP) is 6.49. The van der Waals surface area contributed by atoms with Gasteiger partial charge >= 0.3 is 0 Å². The van der Waals surface area contributed by atoms with Crippen LogP contribution in [0, 0.1) is 12.8 Å². The Hall–Kier alpha value is -2.87. The van der Waals surface area contributed by atoms with Crippen molar-refractivity contribution >= 4 is 23.1 Å². The van der Waals surface area contributed by atoms with E-state index in [0.29, 0.717) is 52.3 Å². The summed E-state index contributed by atoms with van der Waals surface area (Å²) in [6, 6.07) is 10.4. The second-order valence-electron chi connectivity index (χ2n) is 9.65. The van der Waals surface area contributed by atoms with Crippen LogP contribution in [0.5, 0.6) is 0 Å². The van der Waals surface area contributed by atoms with Crippen LogP contribution in [0.3, 0.4) is 0 Å². The fourth-order valence-electron chi connectivity index (χ4n) is 4.62. The summed E-state index contributed by atoms with van der Waals surface area (Å²) >= 11 is 6.17. The van der Waals surface area contributed by atoms with Crippen LogP contribution in [0.15, 0.2) is 40.9 Å². The maximum Gasteiger partial charge on any atom is 0.282 e. The Morgan fingerprint density at radius 3 is 2.69 bits per heavy atom. The topological polar surface area (TPSA) is 72.1 Å². The van der Waals surface area contributed by atoms with Gasteiger partial charge in [-0.05, 0) is 49.4 Å². The van der Waals surface area contributed by atoms with Gasteiger partial charge in [-0.1, -0.05) is 41.7 Å².